The fourth-order valence-corrected chi connectivity index (χ4v) is 7.19. The van der Waals surface area contributed by atoms with Crippen LogP contribution in [0.25, 0.3) is 0 Å². The summed E-state index contributed by atoms with van der Waals surface area (Å²) in [5, 5.41) is 6.23. The standard InChI is InChI=1S/C22H31N3O3S2/c1-13-3-5-18(6-4-13)22(21(29)23-2,25-30(27)28)12-19(26)24-20-16-8-14-7-15(10-16)11-17(20)9-14/h3-6,14-17,20,25H,7-12H2,1-2H3,(H,23,29)(H,24,26)(H,27,28). The molecule has 2 atom stereocenters. The molecule has 30 heavy (non-hydrogen) atoms. The maximum absolute atomic E-state index is 13.3. The van der Waals surface area contributed by atoms with Gasteiger partial charge in [-0.15, -0.1) is 0 Å². The van der Waals surface area contributed by atoms with E-state index in [9.17, 15) is 13.6 Å². The van der Waals surface area contributed by atoms with E-state index in [0.29, 0.717) is 22.4 Å². The summed E-state index contributed by atoms with van der Waals surface area (Å²) in [6.45, 7) is 1.97. The van der Waals surface area contributed by atoms with Gasteiger partial charge in [-0.2, -0.15) is 4.72 Å². The minimum atomic E-state index is -2.35. The van der Waals surface area contributed by atoms with E-state index < -0.39 is 16.8 Å². The van der Waals surface area contributed by atoms with Crippen molar-refractivity contribution in [2.75, 3.05) is 7.05 Å². The highest BCUT2D eigenvalue weighted by atomic mass is 32.2. The molecule has 4 saturated carbocycles. The van der Waals surface area contributed by atoms with Crippen molar-refractivity contribution in [2.24, 2.45) is 23.7 Å². The number of aryl methyl sites for hydroxylation is 1. The number of carbonyl (C=O) groups excluding carboxylic acids is 1. The molecule has 6 nitrogen and oxygen atoms in total. The third-order valence-electron chi connectivity index (χ3n) is 7.40. The van der Waals surface area contributed by atoms with Gasteiger partial charge >= 0.3 is 0 Å². The Labute approximate surface area is 186 Å². The molecule has 164 valence electrons. The van der Waals surface area contributed by atoms with Crippen LogP contribution in [0.3, 0.4) is 0 Å². The topological polar surface area (TPSA) is 90.5 Å². The van der Waals surface area contributed by atoms with E-state index in [4.69, 9.17) is 12.2 Å². The van der Waals surface area contributed by atoms with E-state index in [-0.39, 0.29) is 18.4 Å². The molecule has 0 heterocycles. The van der Waals surface area contributed by atoms with Gasteiger partial charge in [0.25, 0.3) is 0 Å². The van der Waals surface area contributed by atoms with Crippen molar-refractivity contribution >= 4 is 34.4 Å². The van der Waals surface area contributed by atoms with Crippen molar-refractivity contribution in [3.05, 3.63) is 35.4 Å². The Bertz CT molecular complexity index is 817. The van der Waals surface area contributed by atoms with Crippen molar-refractivity contribution in [2.45, 2.75) is 57.0 Å². The number of rotatable bonds is 7. The monoisotopic (exact) mass is 449 g/mol. The fourth-order valence-electron chi connectivity index (χ4n) is 6.29. The van der Waals surface area contributed by atoms with Crippen LogP contribution < -0.4 is 15.4 Å². The molecule has 1 amide bonds. The van der Waals surface area contributed by atoms with Crippen LogP contribution in [-0.2, 0) is 21.6 Å². The average molecular weight is 450 g/mol. The predicted molar refractivity (Wildman–Crippen MR) is 122 cm³/mol. The predicted octanol–water partition coefficient (Wildman–Crippen LogP) is 2.79. The first-order valence-corrected chi connectivity index (χ1v) is 12.3. The Hall–Kier alpha value is -1.35. The van der Waals surface area contributed by atoms with Crippen molar-refractivity contribution < 1.29 is 13.6 Å². The molecular formula is C22H31N3O3S2. The molecule has 4 aliphatic carbocycles. The Morgan fingerprint density at radius 2 is 1.70 bits per heavy atom. The molecular weight excluding hydrogens is 418 g/mol. The number of thiocarbonyl (C=S) groups is 1. The summed E-state index contributed by atoms with van der Waals surface area (Å²) < 4.78 is 24.2. The van der Waals surface area contributed by atoms with Crippen molar-refractivity contribution in [1.29, 1.82) is 0 Å². The van der Waals surface area contributed by atoms with Crippen molar-refractivity contribution in [3.8, 4) is 0 Å². The van der Waals surface area contributed by atoms with Crippen LogP contribution in [0.4, 0.5) is 0 Å². The maximum atomic E-state index is 13.3. The number of nitrogens with one attached hydrogen (secondary N) is 3. The van der Waals surface area contributed by atoms with Gasteiger partial charge in [-0.05, 0) is 68.3 Å². The van der Waals surface area contributed by atoms with Gasteiger partial charge in [0.05, 0.1) is 6.42 Å². The SMILES string of the molecule is CNC(=S)C(CC(=O)NC1C2CC3CC(C2)CC1C3)(NS(=O)O)c1ccc(C)cc1. The summed E-state index contributed by atoms with van der Waals surface area (Å²) in [5.74, 6) is 2.67. The van der Waals surface area contributed by atoms with Gasteiger partial charge < -0.3 is 10.6 Å². The van der Waals surface area contributed by atoms with Crippen LogP contribution >= 0.6 is 12.2 Å². The highest BCUT2D eigenvalue weighted by Gasteiger charge is 2.49. The highest BCUT2D eigenvalue weighted by Crippen LogP contribution is 2.53. The third kappa shape index (κ3) is 4.20. The summed E-state index contributed by atoms with van der Waals surface area (Å²) in [5.41, 5.74) is 0.495. The summed E-state index contributed by atoms with van der Waals surface area (Å²) in [4.78, 5) is 13.6. The third-order valence-corrected chi connectivity index (χ3v) is 8.48. The zero-order chi connectivity index (χ0) is 21.5. The van der Waals surface area contributed by atoms with Gasteiger partial charge in [0.15, 0.2) is 0 Å². The number of benzene rings is 1. The lowest BCUT2D eigenvalue weighted by Crippen LogP contribution is -2.59. The molecule has 2 unspecified atom stereocenters. The number of amides is 1. The molecule has 4 N–H and O–H groups in total. The molecule has 0 aliphatic heterocycles. The number of likely N-dealkylation sites (N-methyl/N-ethyl adjacent to an activating group) is 1. The van der Waals surface area contributed by atoms with E-state index in [1.807, 2.05) is 31.2 Å². The first kappa shape index (κ1) is 21.9. The normalized spacial score (nSPS) is 32.3. The summed E-state index contributed by atoms with van der Waals surface area (Å²) in [6, 6.07) is 7.76. The number of carbonyl (C=O) groups is 1. The first-order valence-electron chi connectivity index (χ1n) is 10.8. The summed E-state index contributed by atoms with van der Waals surface area (Å²) in [6.07, 6.45) is 6.20. The van der Waals surface area contributed by atoms with Crippen molar-refractivity contribution in [3.63, 3.8) is 0 Å². The summed E-state index contributed by atoms with van der Waals surface area (Å²) >= 11 is 3.20. The lowest BCUT2D eigenvalue weighted by atomic mass is 9.54. The van der Waals surface area contributed by atoms with Crippen LogP contribution in [0, 0.1) is 30.6 Å². The Balaban J connectivity index is 1.57. The molecule has 4 fully saturated rings. The summed E-state index contributed by atoms with van der Waals surface area (Å²) in [7, 11) is 1.67. The average Bonchev–Trinajstić information content (AvgIpc) is 2.69. The lowest BCUT2D eigenvalue weighted by molar-refractivity contribution is -0.125. The van der Waals surface area contributed by atoms with Gasteiger partial charge in [0.1, 0.15) is 10.5 Å². The van der Waals surface area contributed by atoms with E-state index >= 15 is 0 Å². The van der Waals surface area contributed by atoms with E-state index in [2.05, 4.69) is 15.4 Å². The van der Waals surface area contributed by atoms with Crippen molar-refractivity contribution in [1.82, 2.24) is 15.4 Å². The Morgan fingerprint density at radius 1 is 1.13 bits per heavy atom. The van der Waals surface area contributed by atoms with Gasteiger partial charge in [0, 0.05) is 13.1 Å². The molecule has 1 aromatic carbocycles. The molecule has 8 heteroatoms. The van der Waals surface area contributed by atoms with Gasteiger partial charge in [-0.1, -0.05) is 42.0 Å². The number of hydrogen-bond acceptors (Lipinski definition) is 3. The van der Waals surface area contributed by atoms with Crippen LogP contribution in [0.1, 0.15) is 49.7 Å². The van der Waals surface area contributed by atoms with Crippen LogP contribution in [0.5, 0.6) is 0 Å². The first-order chi connectivity index (χ1) is 14.3. The Morgan fingerprint density at radius 3 is 2.20 bits per heavy atom. The second kappa shape index (κ2) is 8.65. The molecule has 4 bridgehead atoms. The van der Waals surface area contributed by atoms with E-state index in [1.165, 1.54) is 32.1 Å². The van der Waals surface area contributed by atoms with Gasteiger partial charge in [-0.25, -0.2) is 4.21 Å². The molecule has 0 saturated heterocycles. The van der Waals surface area contributed by atoms with Crippen LogP contribution in [0.15, 0.2) is 24.3 Å². The van der Waals surface area contributed by atoms with Gasteiger partial charge in [-0.3, -0.25) is 9.35 Å². The number of hydrogen-bond donors (Lipinski definition) is 4. The lowest BCUT2D eigenvalue weighted by Gasteiger charge is -2.54. The highest BCUT2D eigenvalue weighted by molar-refractivity contribution is 7.80. The van der Waals surface area contributed by atoms with Crippen LogP contribution in [-0.4, -0.2) is 32.7 Å². The van der Waals surface area contributed by atoms with E-state index in [1.54, 1.807) is 7.05 Å². The second-order valence-electron chi connectivity index (χ2n) is 9.40. The largest absolute Gasteiger partial charge is 0.381 e. The smallest absolute Gasteiger partial charge is 0.232 e. The zero-order valence-corrected chi connectivity index (χ0v) is 19.2. The quantitative estimate of drug-likeness (QED) is 0.380. The second-order valence-corrected chi connectivity index (χ2v) is 10.5. The van der Waals surface area contributed by atoms with Crippen LogP contribution in [0.2, 0.25) is 0 Å². The fraction of sp³-hybridized carbons (Fsp3) is 0.636. The minimum Gasteiger partial charge on any atom is -0.381 e. The molecule has 0 radical (unpaired) electrons. The molecule has 0 aromatic heterocycles. The maximum Gasteiger partial charge on any atom is 0.232 e. The molecule has 4 aliphatic rings. The van der Waals surface area contributed by atoms with E-state index in [0.717, 1.165) is 17.4 Å². The molecule has 1 aromatic rings. The zero-order valence-electron chi connectivity index (χ0n) is 17.5. The minimum absolute atomic E-state index is 0.0369. The molecule has 0 spiro atoms. The van der Waals surface area contributed by atoms with Gasteiger partial charge in [0.2, 0.25) is 17.2 Å². The Kier molecular flexibility index (Phi) is 6.30. The molecule has 5 rings (SSSR count).